The molecule has 0 amide bonds. The van der Waals surface area contributed by atoms with E-state index in [0.717, 1.165) is 19.4 Å². The van der Waals surface area contributed by atoms with Crippen LogP contribution in [0.25, 0.3) is 16.6 Å². The highest BCUT2D eigenvalue weighted by molar-refractivity contribution is 7.91. The molecule has 0 aliphatic carbocycles. The minimum Gasteiger partial charge on any atom is -0.307 e. The van der Waals surface area contributed by atoms with Crippen LogP contribution < -0.4 is 10.9 Å². The van der Waals surface area contributed by atoms with Gasteiger partial charge >= 0.3 is 0 Å². The highest BCUT2D eigenvalue weighted by Crippen LogP contribution is 2.29. The van der Waals surface area contributed by atoms with Crippen LogP contribution in [-0.4, -0.2) is 24.5 Å². The molecular formula is C24H20FN3O3S. The molecule has 2 heterocycles. The molecule has 0 radical (unpaired) electrons. The average Bonchev–Trinajstić information content (AvgIpc) is 3.34. The maximum absolute atomic E-state index is 14.0. The number of benzene rings is 3. The van der Waals surface area contributed by atoms with Crippen LogP contribution in [0.4, 0.5) is 4.39 Å². The summed E-state index contributed by atoms with van der Waals surface area (Å²) < 4.78 is 42.2. The van der Waals surface area contributed by atoms with Gasteiger partial charge in [0.15, 0.2) is 0 Å². The predicted octanol–water partition coefficient (Wildman–Crippen LogP) is 3.78. The van der Waals surface area contributed by atoms with Crippen LogP contribution in [0.1, 0.15) is 24.7 Å². The normalized spacial score (nSPS) is 16.5. The van der Waals surface area contributed by atoms with Gasteiger partial charge in [-0.3, -0.25) is 9.36 Å². The summed E-state index contributed by atoms with van der Waals surface area (Å²) in [4.78, 5) is 18.5. The van der Waals surface area contributed by atoms with Crippen LogP contribution in [0.3, 0.4) is 0 Å². The van der Waals surface area contributed by atoms with Gasteiger partial charge in [0.2, 0.25) is 9.84 Å². The van der Waals surface area contributed by atoms with Crippen molar-refractivity contribution in [3.8, 4) is 5.69 Å². The lowest BCUT2D eigenvalue weighted by Crippen LogP contribution is -2.29. The Bertz CT molecular complexity index is 1480. The topological polar surface area (TPSA) is 81.1 Å². The van der Waals surface area contributed by atoms with Crippen LogP contribution in [0.2, 0.25) is 0 Å². The van der Waals surface area contributed by atoms with E-state index < -0.39 is 21.2 Å². The molecule has 4 aromatic rings. The Morgan fingerprint density at radius 1 is 1.00 bits per heavy atom. The van der Waals surface area contributed by atoms with Crippen LogP contribution in [0.15, 0.2) is 87.4 Å². The number of nitrogens with one attached hydrogen (secondary N) is 1. The number of hydrogen-bond donors (Lipinski definition) is 1. The second-order valence-electron chi connectivity index (χ2n) is 7.71. The number of rotatable bonds is 4. The first-order chi connectivity index (χ1) is 15.5. The third-order valence-corrected chi connectivity index (χ3v) is 7.48. The van der Waals surface area contributed by atoms with Gasteiger partial charge < -0.3 is 5.32 Å². The van der Waals surface area contributed by atoms with E-state index in [-0.39, 0.29) is 21.2 Å². The van der Waals surface area contributed by atoms with Gasteiger partial charge in [-0.1, -0.05) is 30.3 Å². The van der Waals surface area contributed by atoms with Crippen molar-refractivity contribution in [1.29, 1.82) is 0 Å². The molecule has 0 saturated carbocycles. The number of sulfone groups is 1. The Kier molecular flexibility index (Phi) is 5.11. The summed E-state index contributed by atoms with van der Waals surface area (Å²) in [6.07, 6.45) is 1.69. The Labute approximate surface area is 184 Å². The Hall–Kier alpha value is -3.36. The van der Waals surface area contributed by atoms with Crippen LogP contribution in [0, 0.1) is 5.82 Å². The summed E-state index contributed by atoms with van der Waals surface area (Å²) in [5.41, 5.74) is 0.0581. The van der Waals surface area contributed by atoms with E-state index >= 15 is 0 Å². The van der Waals surface area contributed by atoms with Crippen molar-refractivity contribution >= 4 is 20.7 Å². The second kappa shape index (κ2) is 7.96. The molecule has 6 nitrogen and oxygen atoms in total. The molecule has 8 heteroatoms. The SMILES string of the molecule is O=c1c2c(S(=O)(=O)c3ccccc3)cccc2nc([C@@H]2CCCN2)n1-c1cccc(F)c1. The van der Waals surface area contributed by atoms with Crippen molar-refractivity contribution in [2.45, 2.75) is 28.7 Å². The van der Waals surface area contributed by atoms with Crippen molar-refractivity contribution in [3.63, 3.8) is 0 Å². The summed E-state index contributed by atoms with van der Waals surface area (Å²) in [7, 11) is -3.97. The lowest BCUT2D eigenvalue weighted by Gasteiger charge is -2.19. The van der Waals surface area contributed by atoms with Crippen LogP contribution in [0.5, 0.6) is 0 Å². The minimum absolute atomic E-state index is 0.0117. The molecule has 0 unspecified atom stereocenters. The van der Waals surface area contributed by atoms with Gasteiger partial charge in [-0.05, 0) is 61.9 Å². The lowest BCUT2D eigenvalue weighted by atomic mass is 10.1. The fraction of sp³-hybridized carbons (Fsp3) is 0.167. The van der Waals surface area contributed by atoms with Gasteiger partial charge in [0.05, 0.1) is 32.4 Å². The highest BCUT2D eigenvalue weighted by atomic mass is 32.2. The zero-order valence-corrected chi connectivity index (χ0v) is 17.8. The number of hydrogen-bond acceptors (Lipinski definition) is 5. The summed E-state index contributed by atoms with van der Waals surface area (Å²) in [6.45, 7) is 0.782. The molecule has 1 aliphatic rings. The molecule has 3 aromatic carbocycles. The van der Waals surface area contributed by atoms with E-state index in [9.17, 15) is 17.6 Å². The largest absolute Gasteiger partial charge is 0.307 e. The van der Waals surface area contributed by atoms with Crippen molar-refractivity contribution in [1.82, 2.24) is 14.9 Å². The minimum atomic E-state index is -3.97. The molecule has 1 aliphatic heterocycles. The molecule has 0 bridgehead atoms. The predicted molar refractivity (Wildman–Crippen MR) is 119 cm³/mol. The Balaban J connectivity index is 1.86. The standard InChI is InChI=1S/C24H20FN3O3S/c25-16-7-4-8-17(15-16)28-23(20-12-6-14-26-20)27-19-11-5-13-21(22(19)24(28)29)32(30,31)18-9-2-1-3-10-18/h1-5,7-11,13,15,20,26H,6,12,14H2/t20-/m0/s1. The van der Waals surface area contributed by atoms with Gasteiger partial charge in [0.25, 0.3) is 5.56 Å². The summed E-state index contributed by atoms with van der Waals surface area (Å²) in [6, 6.07) is 18.1. The maximum atomic E-state index is 14.0. The lowest BCUT2D eigenvalue weighted by molar-refractivity contribution is 0.580. The molecule has 1 aromatic heterocycles. The maximum Gasteiger partial charge on any atom is 0.267 e. The van der Waals surface area contributed by atoms with Gasteiger partial charge in [0.1, 0.15) is 11.6 Å². The monoisotopic (exact) mass is 449 g/mol. The zero-order chi connectivity index (χ0) is 22.3. The van der Waals surface area contributed by atoms with E-state index in [1.165, 1.54) is 41.0 Å². The molecule has 1 N–H and O–H groups in total. The van der Waals surface area contributed by atoms with Gasteiger partial charge in [-0.2, -0.15) is 0 Å². The fourth-order valence-electron chi connectivity index (χ4n) is 4.17. The van der Waals surface area contributed by atoms with Crippen molar-refractivity contribution in [2.75, 3.05) is 6.54 Å². The number of nitrogens with zero attached hydrogens (tertiary/aromatic N) is 2. The first-order valence-electron chi connectivity index (χ1n) is 10.3. The van der Waals surface area contributed by atoms with Crippen molar-refractivity contribution in [3.05, 3.63) is 94.8 Å². The number of fused-ring (bicyclic) bond motifs is 1. The van der Waals surface area contributed by atoms with Gasteiger partial charge in [-0.25, -0.2) is 17.8 Å². The van der Waals surface area contributed by atoms with Crippen molar-refractivity contribution in [2.24, 2.45) is 0 Å². The third-order valence-electron chi connectivity index (χ3n) is 5.67. The average molecular weight is 450 g/mol. The smallest absolute Gasteiger partial charge is 0.267 e. The fourth-order valence-corrected chi connectivity index (χ4v) is 5.66. The molecule has 32 heavy (non-hydrogen) atoms. The van der Waals surface area contributed by atoms with Gasteiger partial charge in [0, 0.05) is 0 Å². The first-order valence-corrected chi connectivity index (χ1v) is 11.8. The summed E-state index contributed by atoms with van der Waals surface area (Å²) in [5.74, 6) is -0.0510. The highest BCUT2D eigenvalue weighted by Gasteiger charge is 2.28. The number of aromatic nitrogens is 2. The number of halogens is 1. The van der Waals surface area contributed by atoms with Crippen molar-refractivity contribution < 1.29 is 12.8 Å². The van der Waals surface area contributed by atoms with E-state index in [0.29, 0.717) is 17.0 Å². The second-order valence-corrected chi connectivity index (χ2v) is 9.62. The Morgan fingerprint density at radius 3 is 2.50 bits per heavy atom. The zero-order valence-electron chi connectivity index (χ0n) is 17.0. The van der Waals surface area contributed by atoms with Crippen LogP contribution >= 0.6 is 0 Å². The third kappa shape index (κ3) is 3.41. The molecular weight excluding hydrogens is 429 g/mol. The van der Waals surface area contributed by atoms with E-state index in [2.05, 4.69) is 5.32 Å². The molecule has 162 valence electrons. The molecule has 0 spiro atoms. The summed E-state index contributed by atoms with van der Waals surface area (Å²) in [5, 5.41) is 3.31. The first kappa shape index (κ1) is 20.5. The molecule has 5 rings (SSSR count). The van der Waals surface area contributed by atoms with E-state index in [1.807, 2.05) is 0 Å². The van der Waals surface area contributed by atoms with Crippen LogP contribution in [-0.2, 0) is 9.84 Å². The Morgan fingerprint density at radius 2 is 1.78 bits per heavy atom. The summed E-state index contributed by atoms with van der Waals surface area (Å²) >= 11 is 0. The van der Waals surface area contributed by atoms with Gasteiger partial charge in [-0.15, -0.1) is 0 Å². The molecule has 1 atom stereocenters. The quantitative estimate of drug-likeness (QED) is 0.513. The van der Waals surface area contributed by atoms with E-state index in [1.54, 1.807) is 36.4 Å². The van der Waals surface area contributed by atoms with E-state index in [4.69, 9.17) is 4.98 Å². The molecule has 1 saturated heterocycles. The molecule has 1 fully saturated rings.